The molecule has 0 N–H and O–H groups in total. The molecule has 3 aromatic rings. The Balaban J connectivity index is 1.27. The third-order valence-electron chi connectivity index (χ3n) is 5.61. The fourth-order valence-corrected chi connectivity index (χ4v) is 4.82. The van der Waals surface area contributed by atoms with Crippen molar-refractivity contribution in [3.8, 4) is 22.9 Å². The summed E-state index contributed by atoms with van der Waals surface area (Å²) in [7, 11) is 1.62. The fraction of sp³-hybridized carbons (Fsp3) is 0.364. The van der Waals surface area contributed by atoms with Gasteiger partial charge in [0.25, 0.3) is 0 Å². The molecule has 1 saturated heterocycles. The van der Waals surface area contributed by atoms with Crippen molar-refractivity contribution < 1.29 is 19.0 Å². The van der Waals surface area contributed by atoms with E-state index in [9.17, 15) is 4.79 Å². The van der Waals surface area contributed by atoms with E-state index in [4.69, 9.17) is 14.2 Å². The number of nitrogens with zero attached hydrogens (tertiary/aromatic N) is 5. The molecule has 1 amide bonds. The van der Waals surface area contributed by atoms with Crippen molar-refractivity contribution in [2.45, 2.75) is 24.0 Å². The molecule has 9 nitrogen and oxygen atoms in total. The summed E-state index contributed by atoms with van der Waals surface area (Å²) in [4.78, 5) is 15.0. The number of methoxy groups -OCH3 is 1. The van der Waals surface area contributed by atoms with Crippen molar-refractivity contribution in [3.63, 3.8) is 0 Å². The summed E-state index contributed by atoms with van der Waals surface area (Å²) >= 11 is 1.33. The molecule has 32 heavy (non-hydrogen) atoms. The highest BCUT2D eigenvalue weighted by atomic mass is 32.2. The Labute approximate surface area is 189 Å². The van der Waals surface area contributed by atoms with Crippen molar-refractivity contribution in [1.82, 2.24) is 25.1 Å². The minimum atomic E-state index is 0.0384. The summed E-state index contributed by atoms with van der Waals surface area (Å²) in [5.74, 6) is 2.59. The number of carbonyl (C=O) groups excluding carboxylic acids is 1. The Bertz CT molecular complexity index is 1100. The van der Waals surface area contributed by atoms with Crippen LogP contribution in [0, 0.1) is 0 Å². The predicted molar refractivity (Wildman–Crippen MR) is 118 cm³/mol. The van der Waals surface area contributed by atoms with Crippen LogP contribution in [0.15, 0.2) is 47.6 Å². The summed E-state index contributed by atoms with van der Waals surface area (Å²) in [6.07, 6.45) is 1.90. The summed E-state index contributed by atoms with van der Waals surface area (Å²) in [5, 5.41) is 12.5. The Morgan fingerprint density at radius 2 is 1.97 bits per heavy atom. The quantitative estimate of drug-likeness (QED) is 0.526. The van der Waals surface area contributed by atoms with E-state index in [-0.39, 0.29) is 17.7 Å². The Kier molecular flexibility index (Phi) is 5.85. The third-order valence-corrected chi connectivity index (χ3v) is 6.51. The average Bonchev–Trinajstić information content (AvgIpc) is 3.52. The maximum Gasteiger partial charge on any atom is 0.233 e. The number of rotatable bonds is 6. The van der Waals surface area contributed by atoms with Crippen LogP contribution >= 0.6 is 11.8 Å². The standard InChI is InChI=1S/C22H23N5O4S/c1-29-17-7-5-16(6-8-17)27-22(23-24-25-27)32-14-21(28)26-10-2-3-18(26)15-4-9-19-20(13-15)31-12-11-30-19/h4-9,13,18H,2-3,10-12,14H2,1H3/t18-/m1/s1. The van der Waals surface area contributed by atoms with Crippen LogP contribution in [0.3, 0.4) is 0 Å². The number of hydrogen-bond donors (Lipinski definition) is 0. The van der Waals surface area contributed by atoms with Gasteiger partial charge in [-0.1, -0.05) is 17.8 Å². The van der Waals surface area contributed by atoms with E-state index < -0.39 is 0 Å². The van der Waals surface area contributed by atoms with Crippen molar-refractivity contribution in [1.29, 1.82) is 0 Å². The molecule has 3 heterocycles. The molecule has 1 atom stereocenters. The highest BCUT2D eigenvalue weighted by Crippen LogP contribution is 2.38. The molecule has 2 aliphatic heterocycles. The Hall–Kier alpha value is -3.27. The third kappa shape index (κ3) is 4.10. The number of amides is 1. The predicted octanol–water partition coefficient (Wildman–Crippen LogP) is 2.90. The first-order valence-corrected chi connectivity index (χ1v) is 11.5. The normalized spacial score (nSPS) is 17.4. The van der Waals surface area contributed by atoms with E-state index >= 15 is 0 Å². The number of benzene rings is 2. The van der Waals surface area contributed by atoms with Crippen molar-refractivity contribution in [3.05, 3.63) is 48.0 Å². The van der Waals surface area contributed by atoms with Crippen LogP contribution in [-0.2, 0) is 4.79 Å². The van der Waals surface area contributed by atoms with Crippen molar-refractivity contribution in [2.75, 3.05) is 32.6 Å². The lowest BCUT2D eigenvalue weighted by Gasteiger charge is -2.26. The van der Waals surface area contributed by atoms with E-state index in [0.29, 0.717) is 18.4 Å². The molecule has 0 aliphatic carbocycles. The minimum Gasteiger partial charge on any atom is -0.497 e. The number of tetrazole rings is 1. The Morgan fingerprint density at radius 1 is 1.16 bits per heavy atom. The summed E-state index contributed by atoms with van der Waals surface area (Å²) < 4.78 is 18.2. The van der Waals surface area contributed by atoms with E-state index in [0.717, 1.165) is 47.9 Å². The van der Waals surface area contributed by atoms with Crippen LogP contribution in [0.2, 0.25) is 0 Å². The molecule has 1 aromatic heterocycles. The zero-order valence-corrected chi connectivity index (χ0v) is 18.5. The van der Waals surface area contributed by atoms with E-state index in [1.165, 1.54) is 11.8 Å². The highest BCUT2D eigenvalue weighted by molar-refractivity contribution is 7.99. The number of thioether (sulfide) groups is 1. The van der Waals surface area contributed by atoms with Gasteiger partial charge >= 0.3 is 0 Å². The number of hydrogen-bond acceptors (Lipinski definition) is 8. The summed E-state index contributed by atoms with van der Waals surface area (Å²) in [6.45, 7) is 1.85. The first-order valence-electron chi connectivity index (χ1n) is 10.5. The van der Waals surface area contributed by atoms with Gasteiger partial charge in [0.15, 0.2) is 11.5 Å². The molecule has 2 aliphatic rings. The van der Waals surface area contributed by atoms with Gasteiger partial charge in [0.05, 0.1) is 24.6 Å². The van der Waals surface area contributed by atoms with Gasteiger partial charge in [0, 0.05) is 6.54 Å². The molecule has 0 spiro atoms. The van der Waals surface area contributed by atoms with E-state index in [2.05, 4.69) is 15.5 Å². The molecule has 2 aromatic carbocycles. The second kappa shape index (κ2) is 9.07. The largest absolute Gasteiger partial charge is 0.497 e. The lowest BCUT2D eigenvalue weighted by molar-refractivity contribution is -0.129. The SMILES string of the molecule is COc1ccc(-n2nnnc2SCC(=O)N2CCC[C@@H]2c2ccc3c(c2)OCCO3)cc1. The maximum absolute atomic E-state index is 13.1. The molecular formula is C22H23N5O4S. The number of carbonyl (C=O) groups is 1. The molecule has 166 valence electrons. The topological polar surface area (TPSA) is 91.6 Å². The lowest BCUT2D eigenvalue weighted by Crippen LogP contribution is -2.32. The highest BCUT2D eigenvalue weighted by Gasteiger charge is 2.31. The van der Waals surface area contributed by atoms with Gasteiger partial charge in [-0.25, -0.2) is 0 Å². The zero-order chi connectivity index (χ0) is 21.9. The molecular weight excluding hydrogens is 430 g/mol. The van der Waals surface area contributed by atoms with Gasteiger partial charge in [0.1, 0.15) is 19.0 Å². The number of likely N-dealkylation sites (tertiary alicyclic amines) is 1. The monoisotopic (exact) mass is 453 g/mol. The summed E-state index contributed by atoms with van der Waals surface area (Å²) in [6, 6.07) is 13.4. The van der Waals surface area contributed by atoms with Gasteiger partial charge in [-0.05, 0) is 65.2 Å². The van der Waals surface area contributed by atoms with Gasteiger partial charge in [-0.3, -0.25) is 4.79 Å². The van der Waals surface area contributed by atoms with Crippen LogP contribution in [0.1, 0.15) is 24.4 Å². The molecule has 5 rings (SSSR count). The van der Waals surface area contributed by atoms with Crippen LogP contribution < -0.4 is 14.2 Å². The van der Waals surface area contributed by atoms with E-state index in [1.807, 2.05) is 47.4 Å². The fourth-order valence-electron chi connectivity index (χ4n) is 4.04. The van der Waals surface area contributed by atoms with Crippen LogP contribution in [0.25, 0.3) is 5.69 Å². The van der Waals surface area contributed by atoms with Crippen molar-refractivity contribution >= 4 is 17.7 Å². The van der Waals surface area contributed by atoms with Gasteiger partial charge in [0.2, 0.25) is 11.1 Å². The first kappa shape index (κ1) is 20.6. The Morgan fingerprint density at radius 3 is 2.78 bits per heavy atom. The lowest BCUT2D eigenvalue weighted by atomic mass is 10.0. The van der Waals surface area contributed by atoms with Crippen LogP contribution in [0.4, 0.5) is 0 Å². The maximum atomic E-state index is 13.1. The second-order valence-corrected chi connectivity index (χ2v) is 8.45. The van der Waals surface area contributed by atoms with Crippen molar-refractivity contribution in [2.24, 2.45) is 0 Å². The molecule has 1 fully saturated rings. The molecule has 0 bridgehead atoms. The van der Waals surface area contributed by atoms with Crippen LogP contribution in [-0.4, -0.2) is 63.6 Å². The molecule has 0 saturated carbocycles. The van der Waals surface area contributed by atoms with Crippen LogP contribution in [0.5, 0.6) is 17.2 Å². The first-order chi connectivity index (χ1) is 15.7. The van der Waals surface area contributed by atoms with Gasteiger partial charge in [-0.2, -0.15) is 4.68 Å². The zero-order valence-electron chi connectivity index (χ0n) is 17.6. The average molecular weight is 454 g/mol. The smallest absolute Gasteiger partial charge is 0.233 e. The number of ether oxygens (including phenoxy) is 3. The summed E-state index contributed by atoms with van der Waals surface area (Å²) in [5.41, 5.74) is 1.88. The minimum absolute atomic E-state index is 0.0384. The van der Waals surface area contributed by atoms with E-state index in [1.54, 1.807) is 11.8 Å². The molecule has 10 heteroatoms. The number of fused-ring (bicyclic) bond motifs is 1. The molecule has 0 unspecified atom stereocenters. The molecule has 0 radical (unpaired) electrons. The second-order valence-electron chi connectivity index (χ2n) is 7.51. The van der Waals surface area contributed by atoms with Gasteiger partial charge < -0.3 is 19.1 Å². The number of aromatic nitrogens is 4. The van der Waals surface area contributed by atoms with Gasteiger partial charge in [-0.15, -0.1) is 5.10 Å².